The van der Waals surface area contributed by atoms with E-state index in [1.54, 1.807) is 30.5 Å². The number of hydrogen-bond acceptors (Lipinski definition) is 2. The summed E-state index contributed by atoms with van der Waals surface area (Å²) in [5.41, 5.74) is 2.76. The van der Waals surface area contributed by atoms with Crippen LogP contribution in [0.4, 0.5) is 0 Å². The van der Waals surface area contributed by atoms with E-state index < -0.39 is 0 Å². The van der Waals surface area contributed by atoms with E-state index >= 15 is 0 Å². The van der Waals surface area contributed by atoms with Crippen LogP contribution in [0, 0.1) is 11.3 Å². The average molecular weight is 295 g/mol. The number of rotatable bonds is 3. The van der Waals surface area contributed by atoms with Gasteiger partial charge in [-0.15, -0.1) is 0 Å². The predicted molar refractivity (Wildman–Crippen MR) is 82.5 cm³/mol. The first-order valence-electron chi connectivity index (χ1n) is 6.47. The summed E-state index contributed by atoms with van der Waals surface area (Å²) in [7, 11) is 0. The molecule has 0 spiro atoms. The first-order valence-corrected chi connectivity index (χ1v) is 6.84. The van der Waals surface area contributed by atoms with Crippen LogP contribution in [0.3, 0.4) is 0 Å². The zero-order chi connectivity index (χ0) is 14.8. The number of aromatic amines is 1. The number of nitrogens with one attached hydrogen (secondary N) is 1. The SMILES string of the molecule is N#Cc1cccc2[nH]cc(C(=O)Cc3ccc(Cl)cc3)c12. The molecule has 0 aliphatic rings. The van der Waals surface area contributed by atoms with Crippen LogP contribution in [-0.4, -0.2) is 10.8 Å². The van der Waals surface area contributed by atoms with E-state index in [-0.39, 0.29) is 12.2 Å². The summed E-state index contributed by atoms with van der Waals surface area (Å²) in [6.07, 6.45) is 1.95. The van der Waals surface area contributed by atoms with Gasteiger partial charge in [0.2, 0.25) is 0 Å². The summed E-state index contributed by atoms with van der Waals surface area (Å²) in [4.78, 5) is 15.5. The molecule has 0 saturated carbocycles. The molecule has 102 valence electrons. The van der Waals surface area contributed by atoms with Crippen LogP contribution in [0.1, 0.15) is 21.5 Å². The molecular formula is C17H11ClN2O. The van der Waals surface area contributed by atoms with Gasteiger partial charge in [-0.3, -0.25) is 4.79 Å². The third kappa shape index (κ3) is 2.54. The molecule has 21 heavy (non-hydrogen) atoms. The number of carbonyl (C=O) groups excluding carboxylic acids is 1. The highest BCUT2D eigenvalue weighted by molar-refractivity contribution is 6.30. The predicted octanol–water partition coefficient (Wildman–Crippen LogP) is 4.12. The van der Waals surface area contributed by atoms with Crippen LogP contribution in [0.5, 0.6) is 0 Å². The van der Waals surface area contributed by atoms with Gasteiger partial charge in [0.25, 0.3) is 0 Å². The van der Waals surface area contributed by atoms with Gasteiger partial charge in [-0.1, -0.05) is 29.8 Å². The number of Topliss-reactive ketones (excluding diaryl/α,β-unsaturated/α-hetero) is 1. The van der Waals surface area contributed by atoms with Crippen molar-refractivity contribution < 1.29 is 4.79 Å². The lowest BCUT2D eigenvalue weighted by molar-refractivity contribution is 0.0994. The van der Waals surface area contributed by atoms with Crippen molar-refractivity contribution in [2.45, 2.75) is 6.42 Å². The Kier molecular flexibility index (Phi) is 3.47. The molecule has 0 aliphatic carbocycles. The average Bonchev–Trinajstić information content (AvgIpc) is 2.93. The molecule has 1 heterocycles. The van der Waals surface area contributed by atoms with Gasteiger partial charge in [-0.05, 0) is 29.8 Å². The Morgan fingerprint density at radius 1 is 1.19 bits per heavy atom. The van der Waals surface area contributed by atoms with Crippen molar-refractivity contribution in [2.24, 2.45) is 0 Å². The molecule has 0 amide bonds. The van der Waals surface area contributed by atoms with Gasteiger partial charge in [-0.2, -0.15) is 5.26 Å². The highest BCUT2D eigenvalue weighted by Gasteiger charge is 2.15. The number of halogens is 1. The number of nitrogens with zero attached hydrogens (tertiary/aromatic N) is 1. The van der Waals surface area contributed by atoms with Crippen molar-refractivity contribution in [2.75, 3.05) is 0 Å². The molecule has 0 fully saturated rings. The molecule has 0 aliphatic heterocycles. The van der Waals surface area contributed by atoms with Gasteiger partial charge in [-0.25, -0.2) is 0 Å². The normalized spacial score (nSPS) is 10.5. The van der Waals surface area contributed by atoms with E-state index in [4.69, 9.17) is 11.6 Å². The minimum atomic E-state index is -0.0220. The van der Waals surface area contributed by atoms with Crippen molar-refractivity contribution in [1.29, 1.82) is 5.26 Å². The number of H-pyrrole nitrogens is 1. The monoisotopic (exact) mass is 294 g/mol. The Balaban J connectivity index is 1.99. The topological polar surface area (TPSA) is 56.6 Å². The second-order valence-corrected chi connectivity index (χ2v) is 5.21. The smallest absolute Gasteiger partial charge is 0.169 e. The Hall–Kier alpha value is -2.57. The number of nitriles is 1. The summed E-state index contributed by atoms with van der Waals surface area (Å²) in [6, 6.07) is 14.7. The Morgan fingerprint density at radius 2 is 1.95 bits per heavy atom. The molecule has 2 aromatic carbocycles. The van der Waals surface area contributed by atoms with Crippen molar-refractivity contribution >= 4 is 28.3 Å². The number of benzene rings is 2. The van der Waals surface area contributed by atoms with Crippen molar-refractivity contribution in [1.82, 2.24) is 4.98 Å². The Bertz CT molecular complexity index is 857. The molecule has 1 N–H and O–H groups in total. The van der Waals surface area contributed by atoms with Crippen molar-refractivity contribution in [3.8, 4) is 6.07 Å². The van der Waals surface area contributed by atoms with Crippen LogP contribution < -0.4 is 0 Å². The first-order chi connectivity index (χ1) is 10.2. The van der Waals surface area contributed by atoms with Gasteiger partial charge >= 0.3 is 0 Å². The molecule has 0 radical (unpaired) electrons. The summed E-state index contributed by atoms with van der Waals surface area (Å²) >= 11 is 5.84. The molecule has 3 nitrogen and oxygen atoms in total. The van der Waals surface area contributed by atoms with E-state index in [1.807, 2.05) is 18.2 Å². The maximum atomic E-state index is 12.5. The van der Waals surface area contributed by atoms with E-state index in [0.29, 0.717) is 21.5 Å². The number of aromatic nitrogens is 1. The minimum absolute atomic E-state index is 0.0220. The summed E-state index contributed by atoms with van der Waals surface area (Å²) in [6.45, 7) is 0. The molecule has 0 bridgehead atoms. The van der Waals surface area contributed by atoms with Gasteiger partial charge in [0.15, 0.2) is 5.78 Å². The molecule has 1 aromatic heterocycles. The lowest BCUT2D eigenvalue weighted by Gasteiger charge is -2.02. The zero-order valence-corrected chi connectivity index (χ0v) is 11.8. The van der Waals surface area contributed by atoms with Gasteiger partial charge < -0.3 is 4.98 Å². The lowest BCUT2D eigenvalue weighted by atomic mass is 10.00. The van der Waals surface area contributed by atoms with Crippen molar-refractivity contribution in [3.63, 3.8) is 0 Å². The van der Waals surface area contributed by atoms with Crippen LogP contribution >= 0.6 is 11.6 Å². The maximum absolute atomic E-state index is 12.5. The van der Waals surface area contributed by atoms with Gasteiger partial charge in [0.1, 0.15) is 0 Å². The quantitative estimate of drug-likeness (QED) is 0.739. The number of ketones is 1. The highest BCUT2D eigenvalue weighted by Crippen LogP contribution is 2.23. The second-order valence-electron chi connectivity index (χ2n) is 4.77. The van der Waals surface area contributed by atoms with E-state index in [2.05, 4.69) is 11.1 Å². The van der Waals surface area contributed by atoms with Crippen LogP contribution in [-0.2, 0) is 6.42 Å². The molecular weight excluding hydrogens is 284 g/mol. The van der Waals surface area contributed by atoms with Crippen LogP contribution in [0.2, 0.25) is 5.02 Å². The summed E-state index contributed by atoms with van der Waals surface area (Å²) in [5, 5.41) is 10.5. The fourth-order valence-electron chi connectivity index (χ4n) is 2.38. The van der Waals surface area contributed by atoms with Crippen molar-refractivity contribution in [3.05, 3.63) is 70.4 Å². The summed E-state index contributed by atoms with van der Waals surface area (Å²) < 4.78 is 0. The molecule has 0 saturated heterocycles. The summed E-state index contributed by atoms with van der Waals surface area (Å²) in [5.74, 6) is -0.0220. The van der Waals surface area contributed by atoms with Gasteiger partial charge in [0, 0.05) is 34.1 Å². The van der Waals surface area contributed by atoms with Gasteiger partial charge in [0.05, 0.1) is 11.6 Å². The fourth-order valence-corrected chi connectivity index (χ4v) is 2.51. The third-order valence-electron chi connectivity index (χ3n) is 3.40. The number of fused-ring (bicyclic) bond motifs is 1. The van der Waals surface area contributed by atoms with E-state index in [9.17, 15) is 10.1 Å². The molecule has 3 aromatic rings. The number of hydrogen-bond donors (Lipinski definition) is 1. The fraction of sp³-hybridized carbons (Fsp3) is 0.0588. The molecule has 0 unspecified atom stereocenters. The van der Waals surface area contributed by atoms with Crippen LogP contribution in [0.15, 0.2) is 48.7 Å². The molecule has 3 rings (SSSR count). The second kappa shape index (κ2) is 5.43. The highest BCUT2D eigenvalue weighted by atomic mass is 35.5. The van der Waals surface area contributed by atoms with Crippen LogP contribution in [0.25, 0.3) is 10.9 Å². The Labute approximate surface area is 126 Å². The standard InChI is InChI=1S/C17H11ClN2O/c18-13-6-4-11(5-7-13)8-16(21)14-10-20-15-3-1-2-12(9-19)17(14)15/h1-7,10,20H,8H2. The number of carbonyl (C=O) groups is 1. The lowest BCUT2D eigenvalue weighted by Crippen LogP contribution is -2.03. The molecule has 4 heteroatoms. The molecule has 0 atom stereocenters. The minimum Gasteiger partial charge on any atom is -0.360 e. The zero-order valence-electron chi connectivity index (χ0n) is 11.1. The Morgan fingerprint density at radius 3 is 2.67 bits per heavy atom. The first kappa shape index (κ1) is 13.4. The van der Waals surface area contributed by atoms with E-state index in [1.165, 1.54) is 0 Å². The maximum Gasteiger partial charge on any atom is 0.169 e. The van der Waals surface area contributed by atoms with E-state index in [0.717, 1.165) is 11.1 Å². The third-order valence-corrected chi connectivity index (χ3v) is 3.66. The largest absolute Gasteiger partial charge is 0.360 e.